The van der Waals surface area contributed by atoms with Crippen LogP contribution in [-0.4, -0.2) is 323 Å². The number of hydrogen-bond acceptors (Lipinski definition) is 32. The Balaban J connectivity index is 2.92. The summed E-state index contributed by atoms with van der Waals surface area (Å²) in [6, 6.07) is -25.9. The molecule has 41 N–H and O–H groups in total. The van der Waals surface area contributed by atoms with Crippen LogP contribution in [0.4, 0.5) is 0 Å². The monoisotopic (exact) mass is 1930 g/mol. The van der Waals surface area contributed by atoms with Gasteiger partial charge >= 0.3 is 0 Å². The lowest BCUT2D eigenvalue weighted by Gasteiger charge is -2.28. The normalized spacial score (nSPS) is 25.3. The molecule has 1 aliphatic heterocycles. The zero-order valence-corrected chi connectivity index (χ0v) is 77.9. The number of aliphatic imine (C=N–C) groups is 1. The van der Waals surface area contributed by atoms with Crippen molar-refractivity contribution in [3.63, 3.8) is 0 Å². The molecule has 1 aromatic heterocycles. The van der Waals surface area contributed by atoms with Gasteiger partial charge in [0.05, 0.1) is 44.8 Å². The molecule has 17 atom stereocenters. The molecule has 0 radical (unpaired) electrons. The first kappa shape index (κ1) is 118. The fourth-order valence-electron chi connectivity index (χ4n) is 13.2. The lowest BCUT2D eigenvalue weighted by Crippen LogP contribution is -2.63. The third-order valence-corrected chi connectivity index (χ3v) is 23.0. The smallest absolute Gasteiger partial charge is 0.245 e. The van der Waals surface area contributed by atoms with Crippen LogP contribution in [0.1, 0.15) is 175 Å². The number of rotatable bonds is 38. The van der Waals surface area contributed by atoms with Gasteiger partial charge < -0.3 is 168 Å². The van der Waals surface area contributed by atoms with Gasteiger partial charge in [0.1, 0.15) is 90.6 Å². The summed E-state index contributed by atoms with van der Waals surface area (Å²) >= 11 is 0. The first-order chi connectivity index (χ1) is 63.1. The van der Waals surface area contributed by atoms with Crippen molar-refractivity contribution in [2.24, 2.45) is 74.2 Å². The van der Waals surface area contributed by atoms with Crippen LogP contribution < -0.4 is 142 Å². The van der Waals surface area contributed by atoms with Crippen LogP contribution in [0, 0.1) is 11.8 Å². The van der Waals surface area contributed by atoms with E-state index in [-0.39, 0.29) is 171 Å². The summed E-state index contributed by atoms with van der Waals surface area (Å²) in [6.07, 6.45) is 0.959. The van der Waals surface area contributed by atoms with E-state index in [2.05, 4.69) is 100 Å². The minimum atomic E-state index is -2.09. The van der Waals surface area contributed by atoms with E-state index >= 15 is 0 Å². The first-order valence-electron chi connectivity index (χ1n) is 44.6. The fraction of sp³-hybridized carbons (Fsp3) is 0.725. The first-order valence-corrected chi connectivity index (χ1v) is 47.0. The summed E-state index contributed by atoms with van der Waals surface area (Å²) in [5, 5.41) is 82.2. The van der Waals surface area contributed by atoms with Gasteiger partial charge in [-0.15, -0.1) is 0 Å². The summed E-state index contributed by atoms with van der Waals surface area (Å²) in [5.74, 6) is -20.2. The maximum absolute atomic E-state index is 14.9. The van der Waals surface area contributed by atoms with E-state index in [1.165, 1.54) is 12.5 Å². The number of nitrogens with two attached hydrogens (primary N) is 10. The molecular weight excluding hydrogens is 1780 g/mol. The molecule has 51 nitrogen and oxygen atoms in total. The van der Waals surface area contributed by atoms with E-state index in [0.717, 1.165) is 28.5 Å². The molecule has 2 rings (SSSR count). The Bertz CT molecular complexity index is 3890. The molecule has 1 aromatic rings. The Hall–Kier alpha value is -10.8. The van der Waals surface area contributed by atoms with Gasteiger partial charge in [-0.2, -0.15) is 0 Å². The molecule has 1 fully saturated rings. The van der Waals surface area contributed by atoms with E-state index in [1.807, 2.05) is 0 Å². The van der Waals surface area contributed by atoms with E-state index in [1.54, 1.807) is 27.7 Å². The zero-order valence-electron chi connectivity index (χ0n) is 76.3. The molecule has 0 bridgehead atoms. The Labute approximate surface area is 780 Å². The van der Waals surface area contributed by atoms with Gasteiger partial charge in [-0.1, -0.05) is 49.3 Å². The number of guanidine groups is 1. The maximum atomic E-state index is 14.9. The molecule has 0 saturated carbocycles. The summed E-state index contributed by atoms with van der Waals surface area (Å²) in [7, 11) is 1.97. The fourth-order valence-corrected chi connectivity index (χ4v) is 15.5. The average Bonchev–Trinajstić information content (AvgIpc) is 1.58. The zero-order chi connectivity index (χ0) is 99.8. The molecule has 0 aliphatic carbocycles. The number of carbonyl (C=O) groups excluding carboxylic acids is 18. The highest BCUT2D eigenvalue weighted by Gasteiger charge is 2.40. The number of H-pyrrole nitrogens is 1. The van der Waals surface area contributed by atoms with E-state index in [0.29, 0.717) is 32.1 Å². The van der Waals surface area contributed by atoms with Crippen molar-refractivity contribution in [2.75, 3.05) is 77.1 Å². The van der Waals surface area contributed by atoms with Crippen molar-refractivity contribution in [3.8, 4) is 0 Å². The lowest BCUT2D eigenvalue weighted by atomic mass is 10.0. The molecule has 1 aliphatic rings. The number of nitrogens with one attached hydrogen (secondary N) is 17. The van der Waals surface area contributed by atoms with Crippen molar-refractivity contribution in [2.45, 2.75) is 279 Å². The van der Waals surface area contributed by atoms with Gasteiger partial charge in [0.2, 0.25) is 106 Å². The predicted molar refractivity (Wildman–Crippen MR) is 491 cm³/mol. The van der Waals surface area contributed by atoms with Crippen LogP contribution in [-0.2, 0) is 92.7 Å². The third-order valence-electron chi connectivity index (χ3n) is 20.6. The molecule has 18 amide bonds. The maximum Gasteiger partial charge on any atom is 0.245 e. The minimum Gasteiger partial charge on any atom is -0.394 e. The van der Waals surface area contributed by atoms with Gasteiger partial charge in [-0.25, -0.2) is 4.98 Å². The van der Waals surface area contributed by atoms with Crippen molar-refractivity contribution in [3.05, 3.63) is 18.2 Å². The van der Waals surface area contributed by atoms with Crippen molar-refractivity contribution < 1.29 is 107 Å². The molecule has 8 unspecified atom stereocenters. The molecule has 0 spiro atoms. The SMILES string of the molecule is CC(C)CC1NC(=O)[C@H](CCCCN)NC(=O)C(CCCCN)NC(=O)[C@H](Cc2cnc[nH]2)NC(=O)C(CCCN=C(N)N)NC(=O)C(CO)NC(=O)[C@H]([C@@H](C)O)NC(=O)C(CO)NC(=O)[C@H](CCC(N)=O)NC(=O)CNC(=O)[C@H](CCCCN)NC(=O)C(CCCCN)NC(=O)[C@H](CO)NC(=O)C(CCCCN)NC(=O)C(CC(C)C)NC(=O)[C@@H](N)CSSC[C@@H](C(N)=O)NC1=O. The standard InChI is InChI=1S/C80H145N29O22S2/c1-42(2)31-54-73(125)98-51(21-10-15-29-85)71(123)105-57(36-110)76(128)100-49(19-8-13-27-83)67(119)96-47(17-6-11-25-81)66(118)93-35-62(115)95-53(23-24-61(87)114)72(124)106-59(38-112)78(130)109-63(44(5)113)79(131)107-58(37-111)77(129)101-52(22-16-30-92-80(89)90)70(122)104-56(33-45-34-91-41-94-45)75(127)99-48(18-7-12-26-82)68(120)97-50(20-9-14-28-84)69(121)103-55(32-43(3)4)74(126)108-60(64(88)116)40-133-132-39-46(86)65(117)102-54/h34,41-44,46-60,63,110-113H,6-33,35-40,81-86H2,1-5H3,(H2,87,114)(H2,88,116)(H,91,94)(H,93,118)(H,95,115)(H,96,119)(H,97,120)(H,98,125)(H,99,127)(H,100,128)(H,101,129)(H,102,117)(H,103,121)(H,104,122)(H,105,123)(H,106,124)(H,107,131)(H,108,126)(H,109,130)(H4,89,90,92)/t44-,46+,47+,48?,49?,50+,51?,52?,53+,54?,55?,56+,57+,58?,59?,60+,63+/m1/s1. The van der Waals surface area contributed by atoms with E-state index < -0.39 is 248 Å². The quantitative estimate of drug-likeness (QED) is 0.0127. The largest absolute Gasteiger partial charge is 0.394 e. The average molecular weight is 1930 g/mol. The summed E-state index contributed by atoms with van der Waals surface area (Å²) in [4.78, 5) is 265. The number of imidazole rings is 1. The lowest BCUT2D eigenvalue weighted by molar-refractivity contribution is -0.138. The Kier molecular flexibility index (Phi) is 58.5. The number of aliphatic hydroxyl groups is 4. The molecule has 133 heavy (non-hydrogen) atoms. The van der Waals surface area contributed by atoms with Crippen molar-refractivity contribution in [1.29, 1.82) is 0 Å². The van der Waals surface area contributed by atoms with Gasteiger partial charge in [-0.05, 0) is 180 Å². The van der Waals surface area contributed by atoms with Gasteiger partial charge in [0.25, 0.3) is 0 Å². The number of hydrogen-bond donors (Lipinski definition) is 31. The second kappa shape index (κ2) is 65.8. The van der Waals surface area contributed by atoms with E-state index in [4.69, 9.17) is 57.3 Å². The Morgan fingerprint density at radius 3 is 1.08 bits per heavy atom. The molecule has 1 saturated heterocycles. The van der Waals surface area contributed by atoms with Gasteiger partial charge in [0.15, 0.2) is 5.96 Å². The van der Waals surface area contributed by atoms with Gasteiger partial charge in [-0.3, -0.25) is 91.3 Å². The molecule has 2 heterocycles. The second-order valence-corrected chi connectivity index (χ2v) is 35.5. The van der Waals surface area contributed by atoms with Crippen LogP contribution in [0.2, 0.25) is 0 Å². The summed E-state index contributed by atoms with van der Waals surface area (Å²) < 4.78 is 0. The van der Waals surface area contributed by atoms with Gasteiger partial charge in [0, 0.05) is 42.8 Å². The number of amides is 18. The molecule has 0 aromatic carbocycles. The number of aromatic amines is 1. The molecular formula is C80H145N29O22S2. The van der Waals surface area contributed by atoms with Crippen LogP contribution in [0.5, 0.6) is 0 Å². The van der Waals surface area contributed by atoms with Crippen LogP contribution in [0.3, 0.4) is 0 Å². The highest BCUT2D eigenvalue weighted by molar-refractivity contribution is 8.76. The summed E-state index contributed by atoms with van der Waals surface area (Å²) in [5.41, 5.74) is 58.1. The molecule has 754 valence electrons. The third kappa shape index (κ3) is 47.1. The molecule has 53 heteroatoms. The topological polar surface area (TPSA) is 882 Å². The second-order valence-electron chi connectivity index (χ2n) is 32.9. The Morgan fingerprint density at radius 2 is 0.722 bits per heavy atom. The van der Waals surface area contributed by atoms with Crippen molar-refractivity contribution >= 4 is 134 Å². The number of unbranched alkanes of at least 4 members (excludes halogenated alkanes) is 5. The number of primary amides is 2. The van der Waals surface area contributed by atoms with Crippen LogP contribution in [0.25, 0.3) is 0 Å². The summed E-state index contributed by atoms with van der Waals surface area (Å²) in [6.45, 7) is 4.07. The highest BCUT2D eigenvalue weighted by atomic mass is 33.1. The number of carbonyl (C=O) groups is 18. The highest BCUT2D eigenvalue weighted by Crippen LogP contribution is 2.24. The van der Waals surface area contributed by atoms with Crippen LogP contribution >= 0.6 is 21.6 Å². The predicted octanol–water partition coefficient (Wildman–Crippen LogP) is -12.0. The van der Waals surface area contributed by atoms with Crippen LogP contribution in [0.15, 0.2) is 17.5 Å². The number of nitrogens with zero attached hydrogens (tertiary/aromatic N) is 2. The number of aliphatic hydroxyl groups excluding tert-OH is 4. The van der Waals surface area contributed by atoms with Crippen molar-refractivity contribution in [1.82, 2.24) is 95.0 Å². The number of aromatic nitrogens is 2. The minimum absolute atomic E-state index is 0.00196. The van der Waals surface area contributed by atoms with E-state index in [9.17, 15) is 107 Å². The Morgan fingerprint density at radius 1 is 0.398 bits per heavy atom.